The van der Waals surface area contributed by atoms with Crippen molar-refractivity contribution >= 4 is 17.1 Å². The van der Waals surface area contributed by atoms with Gasteiger partial charge in [0.1, 0.15) is 0 Å². The third kappa shape index (κ3) is 3.39. The fourth-order valence-corrected chi connectivity index (χ4v) is 3.47. The average Bonchev–Trinajstić information content (AvgIpc) is 2.78. The number of nitrogens with zero attached hydrogens (tertiary/aromatic N) is 2. The largest absolute Gasteiger partial charge is 0.301 e. The van der Waals surface area contributed by atoms with Gasteiger partial charge in [-0.3, -0.25) is 4.79 Å². The van der Waals surface area contributed by atoms with E-state index in [1.54, 1.807) is 24.5 Å². The molecule has 0 aromatic carbocycles. The molecule has 100 valence electrons. The van der Waals surface area contributed by atoms with Gasteiger partial charge in [0.05, 0.1) is 9.88 Å². The summed E-state index contributed by atoms with van der Waals surface area (Å²) in [5.41, 5.74) is 0. The molecular formula is C14H22N2OS. The van der Waals surface area contributed by atoms with Crippen LogP contribution in [0, 0.1) is 5.92 Å². The Balaban J connectivity index is 1.94. The van der Waals surface area contributed by atoms with Crippen molar-refractivity contribution < 1.29 is 4.79 Å². The Morgan fingerprint density at radius 1 is 1.61 bits per heavy atom. The van der Waals surface area contributed by atoms with Crippen LogP contribution < -0.4 is 0 Å². The highest BCUT2D eigenvalue weighted by atomic mass is 32.1. The standard InChI is InChI=1S/C14H22N2OS/c1-10(2)16-6-4-5-12(9-16)7-14-15-8-13(18-14)11(3)17/h8,10,12H,4-7,9H2,1-3H3. The van der Waals surface area contributed by atoms with Gasteiger partial charge in [0.25, 0.3) is 0 Å². The maximum absolute atomic E-state index is 11.3. The first kappa shape index (κ1) is 13.7. The van der Waals surface area contributed by atoms with E-state index in [9.17, 15) is 4.79 Å². The van der Waals surface area contributed by atoms with Crippen molar-refractivity contribution in [2.75, 3.05) is 13.1 Å². The van der Waals surface area contributed by atoms with Crippen LogP contribution in [-0.2, 0) is 6.42 Å². The summed E-state index contributed by atoms with van der Waals surface area (Å²) in [6.45, 7) is 8.54. The van der Waals surface area contributed by atoms with Gasteiger partial charge in [0, 0.05) is 32.1 Å². The van der Waals surface area contributed by atoms with Gasteiger partial charge in [0.2, 0.25) is 0 Å². The molecule has 0 N–H and O–H groups in total. The summed E-state index contributed by atoms with van der Waals surface area (Å²) in [6, 6.07) is 0.636. The lowest BCUT2D eigenvalue weighted by molar-refractivity contribution is 0.102. The van der Waals surface area contributed by atoms with Gasteiger partial charge >= 0.3 is 0 Å². The summed E-state index contributed by atoms with van der Waals surface area (Å²) >= 11 is 1.57. The number of ketones is 1. The minimum absolute atomic E-state index is 0.131. The van der Waals surface area contributed by atoms with E-state index in [1.165, 1.54) is 25.9 Å². The summed E-state index contributed by atoms with van der Waals surface area (Å²) in [5.74, 6) is 0.832. The van der Waals surface area contributed by atoms with Crippen molar-refractivity contribution in [1.29, 1.82) is 0 Å². The number of piperidine rings is 1. The predicted octanol–water partition coefficient (Wildman–Crippen LogP) is 3.01. The van der Waals surface area contributed by atoms with Crippen molar-refractivity contribution in [2.24, 2.45) is 5.92 Å². The molecule has 4 heteroatoms. The maximum Gasteiger partial charge on any atom is 0.171 e. The highest BCUT2D eigenvalue weighted by molar-refractivity contribution is 7.13. The topological polar surface area (TPSA) is 33.2 Å². The van der Waals surface area contributed by atoms with Gasteiger partial charge in [-0.2, -0.15) is 0 Å². The average molecular weight is 266 g/mol. The molecule has 18 heavy (non-hydrogen) atoms. The molecule has 0 aliphatic carbocycles. The van der Waals surface area contributed by atoms with Gasteiger partial charge in [-0.15, -0.1) is 11.3 Å². The van der Waals surface area contributed by atoms with E-state index in [1.807, 2.05) is 0 Å². The molecule has 1 fully saturated rings. The maximum atomic E-state index is 11.3. The van der Waals surface area contributed by atoms with E-state index in [4.69, 9.17) is 0 Å². The van der Waals surface area contributed by atoms with Gasteiger partial charge < -0.3 is 4.90 Å². The Morgan fingerprint density at radius 3 is 3.00 bits per heavy atom. The van der Waals surface area contributed by atoms with Crippen LogP contribution in [0.2, 0.25) is 0 Å². The lowest BCUT2D eigenvalue weighted by Gasteiger charge is -2.35. The van der Waals surface area contributed by atoms with E-state index < -0.39 is 0 Å². The highest BCUT2D eigenvalue weighted by Crippen LogP contribution is 2.24. The first-order valence-corrected chi connectivity index (χ1v) is 7.57. The number of aromatic nitrogens is 1. The summed E-state index contributed by atoms with van der Waals surface area (Å²) < 4.78 is 0. The molecule has 1 aliphatic heterocycles. The second-order valence-electron chi connectivity index (χ2n) is 5.48. The van der Waals surface area contributed by atoms with Gasteiger partial charge in [0.15, 0.2) is 5.78 Å². The number of hydrogen-bond donors (Lipinski definition) is 0. The van der Waals surface area contributed by atoms with Crippen LogP contribution in [0.25, 0.3) is 0 Å². The Kier molecular flexibility index (Phi) is 4.51. The SMILES string of the molecule is CC(=O)c1cnc(CC2CCCN(C(C)C)C2)s1. The molecule has 2 heterocycles. The Hall–Kier alpha value is -0.740. The zero-order chi connectivity index (χ0) is 13.1. The molecule has 0 amide bonds. The quantitative estimate of drug-likeness (QED) is 0.785. The summed E-state index contributed by atoms with van der Waals surface area (Å²) in [6.07, 6.45) is 5.33. The van der Waals surface area contributed by atoms with Crippen molar-refractivity contribution in [3.63, 3.8) is 0 Å². The zero-order valence-electron chi connectivity index (χ0n) is 11.5. The van der Waals surface area contributed by atoms with Crippen LogP contribution >= 0.6 is 11.3 Å². The lowest BCUT2D eigenvalue weighted by atomic mass is 9.94. The molecule has 0 bridgehead atoms. The van der Waals surface area contributed by atoms with Crippen molar-refractivity contribution in [3.8, 4) is 0 Å². The molecule has 2 rings (SSSR count). The predicted molar refractivity (Wildman–Crippen MR) is 75.3 cm³/mol. The fraction of sp³-hybridized carbons (Fsp3) is 0.714. The molecule has 1 saturated heterocycles. The lowest BCUT2D eigenvalue weighted by Crippen LogP contribution is -2.40. The van der Waals surface area contributed by atoms with E-state index in [2.05, 4.69) is 23.7 Å². The van der Waals surface area contributed by atoms with E-state index in [0.717, 1.165) is 16.3 Å². The molecule has 1 aromatic heterocycles. The van der Waals surface area contributed by atoms with Crippen LogP contribution in [0.1, 0.15) is 48.3 Å². The fourth-order valence-electron chi connectivity index (χ4n) is 2.55. The molecule has 1 aromatic rings. The smallest absolute Gasteiger partial charge is 0.171 e. The summed E-state index contributed by atoms with van der Waals surface area (Å²) in [4.78, 5) is 19.0. The van der Waals surface area contributed by atoms with Crippen LogP contribution in [0.15, 0.2) is 6.20 Å². The molecule has 3 nitrogen and oxygen atoms in total. The monoisotopic (exact) mass is 266 g/mol. The van der Waals surface area contributed by atoms with Gasteiger partial charge in [-0.25, -0.2) is 4.98 Å². The van der Waals surface area contributed by atoms with Crippen LogP contribution in [-0.4, -0.2) is 34.8 Å². The van der Waals surface area contributed by atoms with Crippen LogP contribution in [0.5, 0.6) is 0 Å². The minimum atomic E-state index is 0.131. The Labute approximate surface area is 113 Å². The minimum Gasteiger partial charge on any atom is -0.301 e. The molecule has 1 atom stereocenters. The van der Waals surface area contributed by atoms with E-state index >= 15 is 0 Å². The molecule has 1 unspecified atom stereocenters. The number of thiazole rings is 1. The number of likely N-dealkylation sites (tertiary alicyclic amines) is 1. The third-order valence-electron chi connectivity index (χ3n) is 3.64. The first-order valence-electron chi connectivity index (χ1n) is 6.76. The number of hydrogen-bond acceptors (Lipinski definition) is 4. The normalized spacial score (nSPS) is 21.4. The molecule has 0 saturated carbocycles. The molecular weight excluding hydrogens is 244 g/mol. The molecule has 1 aliphatic rings. The van der Waals surface area contributed by atoms with Crippen LogP contribution in [0.4, 0.5) is 0 Å². The second-order valence-corrected chi connectivity index (χ2v) is 6.59. The zero-order valence-corrected chi connectivity index (χ0v) is 12.3. The second kappa shape index (κ2) is 5.93. The summed E-state index contributed by atoms with van der Waals surface area (Å²) in [5, 5.41) is 1.12. The number of carbonyl (C=O) groups excluding carboxylic acids is 1. The van der Waals surface area contributed by atoms with Crippen molar-refractivity contribution in [3.05, 3.63) is 16.1 Å². The van der Waals surface area contributed by atoms with Crippen LogP contribution in [0.3, 0.4) is 0 Å². The Morgan fingerprint density at radius 2 is 2.39 bits per heavy atom. The molecule has 0 spiro atoms. The van der Waals surface area contributed by atoms with Crippen molar-refractivity contribution in [2.45, 2.75) is 46.1 Å². The Bertz CT molecular complexity index is 414. The van der Waals surface area contributed by atoms with E-state index in [0.29, 0.717) is 12.0 Å². The van der Waals surface area contributed by atoms with E-state index in [-0.39, 0.29) is 5.78 Å². The van der Waals surface area contributed by atoms with Gasteiger partial charge in [-0.1, -0.05) is 0 Å². The van der Waals surface area contributed by atoms with Gasteiger partial charge in [-0.05, 0) is 39.2 Å². The molecule has 0 radical (unpaired) electrons. The number of carbonyl (C=O) groups is 1. The number of Topliss-reactive ketones (excluding diaryl/α,β-unsaturated/α-hetero) is 1. The third-order valence-corrected chi connectivity index (χ3v) is 4.77. The summed E-state index contributed by atoms with van der Waals surface area (Å²) in [7, 11) is 0. The highest BCUT2D eigenvalue weighted by Gasteiger charge is 2.22. The first-order chi connectivity index (χ1) is 8.56. The number of rotatable bonds is 4. The van der Waals surface area contributed by atoms with Crippen molar-refractivity contribution in [1.82, 2.24) is 9.88 Å².